The zero-order valence-electron chi connectivity index (χ0n) is 13.0. The molecule has 1 aliphatic heterocycles. The summed E-state index contributed by atoms with van der Waals surface area (Å²) in [6.45, 7) is 5.40. The molecular weight excluding hydrogens is 268 g/mol. The van der Waals surface area contributed by atoms with Crippen LogP contribution in [0.25, 0.3) is 0 Å². The fourth-order valence-corrected chi connectivity index (χ4v) is 3.06. The maximum Gasteiger partial charge on any atom is 0.222 e. The number of likely N-dealkylation sites (tertiary alicyclic amines) is 1. The van der Waals surface area contributed by atoms with Crippen molar-refractivity contribution in [3.05, 3.63) is 18.0 Å². The number of amides is 1. The number of aromatic nitrogens is 2. The highest BCUT2D eigenvalue weighted by Gasteiger charge is 2.34. The molecule has 1 amide bonds. The Labute approximate surface area is 126 Å². The first-order valence-electron chi connectivity index (χ1n) is 7.72. The fraction of sp³-hybridized carbons (Fsp3) is 0.733. The summed E-state index contributed by atoms with van der Waals surface area (Å²) >= 11 is 0. The number of nitrogens with one attached hydrogen (secondary N) is 1. The lowest BCUT2D eigenvalue weighted by Crippen LogP contribution is -2.50. The van der Waals surface area contributed by atoms with Gasteiger partial charge in [-0.2, -0.15) is 5.10 Å². The first-order valence-corrected chi connectivity index (χ1v) is 7.72. The summed E-state index contributed by atoms with van der Waals surface area (Å²) in [7, 11) is 1.61. The predicted octanol–water partition coefficient (Wildman–Crippen LogP) is 0.409. The third-order valence-corrected chi connectivity index (χ3v) is 4.19. The third-order valence-electron chi connectivity index (χ3n) is 4.19. The largest absolute Gasteiger partial charge is 0.388 e. The minimum Gasteiger partial charge on any atom is -0.388 e. The number of aliphatic hydroxyl groups is 1. The number of rotatable bonds is 6. The molecule has 0 bridgehead atoms. The van der Waals surface area contributed by atoms with Crippen molar-refractivity contribution in [3.8, 4) is 0 Å². The van der Waals surface area contributed by atoms with Gasteiger partial charge in [-0.3, -0.25) is 9.48 Å². The average Bonchev–Trinajstić information content (AvgIpc) is 2.92. The van der Waals surface area contributed by atoms with Crippen molar-refractivity contribution in [3.63, 3.8) is 0 Å². The van der Waals surface area contributed by atoms with Gasteiger partial charge in [-0.15, -0.1) is 0 Å². The summed E-state index contributed by atoms with van der Waals surface area (Å²) in [5.41, 5.74) is 0.335. The van der Waals surface area contributed by atoms with E-state index >= 15 is 0 Å². The summed E-state index contributed by atoms with van der Waals surface area (Å²) in [6, 6.07) is 2.05. The first kappa shape index (κ1) is 16.0. The lowest BCUT2D eigenvalue weighted by atomic mass is 9.89. The standard InChI is InChI=1S/C15H26N4O2/c1-3-19-13(5-8-17-19)6-10-18-9-4-7-15(21,12-18)11-14(20)16-2/h5,8,21H,3-4,6-7,9-12H2,1-2H3,(H,16,20). The maximum absolute atomic E-state index is 11.5. The number of nitrogens with zero attached hydrogens (tertiary/aromatic N) is 3. The van der Waals surface area contributed by atoms with Crippen LogP contribution in [0.2, 0.25) is 0 Å². The van der Waals surface area contributed by atoms with Gasteiger partial charge in [0.1, 0.15) is 0 Å². The van der Waals surface area contributed by atoms with Crippen LogP contribution in [0.1, 0.15) is 31.9 Å². The quantitative estimate of drug-likeness (QED) is 0.797. The van der Waals surface area contributed by atoms with Crippen molar-refractivity contribution in [1.29, 1.82) is 0 Å². The predicted molar refractivity (Wildman–Crippen MR) is 80.9 cm³/mol. The number of β-amino-alcohol motifs (C(OH)–C–C–N with tert-alkyl or cyclic N) is 1. The molecule has 2 N–H and O–H groups in total. The van der Waals surface area contributed by atoms with Gasteiger partial charge in [-0.25, -0.2) is 0 Å². The SMILES string of the molecule is CCn1nccc1CCN1CCCC(O)(CC(=O)NC)C1. The van der Waals surface area contributed by atoms with Gasteiger partial charge >= 0.3 is 0 Å². The van der Waals surface area contributed by atoms with Gasteiger partial charge in [-0.1, -0.05) is 0 Å². The highest BCUT2D eigenvalue weighted by Crippen LogP contribution is 2.24. The molecule has 1 aliphatic rings. The van der Waals surface area contributed by atoms with Gasteiger partial charge in [0, 0.05) is 45.0 Å². The molecule has 1 aromatic rings. The van der Waals surface area contributed by atoms with Crippen molar-refractivity contribution in [1.82, 2.24) is 20.0 Å². The van der Waals surface area contributed by atoms with E-state index in [0.29, 0.717) is 13.0 Å². The van der Waals surface area contributed by atoms with E-state index in [2.05, 4.69) is 22.2 Å². The molecule has 1 saturated heterocycles. The molecule has 6 nitrogen and oxygen atoms in total. The minimum absolute atomic E-state index is 0.0941. The minimum atomic E-state index is -0.886. The summed E-state index contributed by atoms with van der Waals surface area (Å²) < 4.78 is 2.00. The number of aryl methyl sites for hydroxylation is 1. The van der Waals surface area contributed by atoms with Crippen LogP contribution < -0.4 is 5.32 Å². The normalized spacial score (nSPS) is 23.2. The van der Waals surface area contributed by atoms with Gasteiger partial charge in [0.15, 0.2) is 0 Å². The van der Waals surface area contributed by atoms with E-state index in [1.165, 1.54) is 5.69 Å². The van der Waals surface area contributed by atoms with Crippen LogP contribution >= 0.6 is 0 Å². The second-order valence-electron chi connectivity index (χ2n) is 5.84. The first-order chi connectivity index (χ1) is 10.1. The molecule has 1 fully saturated rings. The molecule has 0 aliphatic carbocycles. The Hall–Kier alpha value is -1.40. The van der Waals surface area contributed by atoms with E-state index in [9.17, 15) is 9.90 Å². The smallest absolute Gasteiger partial charge is 0.222 e. The molecule has 0 saturated carbocycles. The summed E-state index contributed by atoms with van der Waals surface area (Å²) in [6.07, 6.45) is 4.57. The topological polar surface area (TPSA) is 70.4 Å². The van der Waals surface area contributed by atoms with Crippen LogP contribution in [0, 0.1) is 0 Å². The van der Waals surface area contributed by atoms with Crippen LogP contribution in [-0.2, 0) is 17.8 Å². The van der Waals surface area contributed by atoms with E-state index in [-0.39, 0.29) is 12.3 Å². The zero-order valence-corrected chi connectivity index (χ0v) is 13.0. The van der Waals surface area contributed by atoms with Crippen molar-refractivity contribution < 1.29 is 9.90 Å². The number of hydrogen-bond acceptors (Lipinski definition) is 4. The average molecular weight is 294 g/mol. The summed E-state index contributed by atoms with van der Waals surface area (Å²) in [4.78, 5) is 13.8. The van der Waals surface area contributed by atoms with E-state index in [1.54, 1.807) is 7.05 Å². The third kappa shape index (κ3) is 4.28. The summed E-state index contributed by atoms with van der Waals surface area (Å²) in [5, 5.41) is 17.4. The van der Waals surface area contributed by atoms with Gasteiger partial charge in [0.05, 0.1) is 12.0 Å². The lowest BCUT2D eigenvalue weighted by molar-refractivity contribution is -0.128. The second-order valence-corrected chi connectivity index (χ2v) is 5.84. The number of piperidine rings is 1. The molecule has 2 heterocycles. The summed E-state index contributed by atoms with van der Waals surface area (Å²) in [5.74, 6) is -0.0941. The van der Waals surface area contributed by atoms with Crippen molar-refractivity contribution in [2.75, 3.05) is 26.7 Å². The molecule has 0 radical (unpaired) electrons. The Balaban J connectivity index is 1.88. The molecule has 6 heteroatoms. The number of hydrogen-bond donors (Lipinski definition) is 2. The van der Waals surface area contributed by atoms with Crippen molar-refractivity contribution in [2.24, 2.45) is 0 Å². The number of carbonyl (C=O) groups excluding carboxylic acids is 1. The van der Waals surface area contributed by atoms with Crippen molar-refractivity contribution in [2.45, 2.75) is 44.8 Å². The van der Waals surface area contributed by atoms with Gasteiger partial charge in [0.25, 0.3) is 0 Å². The van der Waals surface area contributed by atoms with Gasteiger partial charge in [-0.05, 0) is 32.4 Å². The van der Waals surface area contributed by atoms with Crippen molar-refractivity contribution >= 4 is 5.91 Å². The van der Waals surface area contributed by atoms with Gasteiger partial charge < -0.3 is 15.3 Å². The van der Waals surface area contributed by atoms with Gasteiger partial charge in [0.2, 0.25) is 5.91 Å². The highest BCUT2D eigenvalue weighted by atomic mass is 16.3. The lowest BCUT2D eigenvalue weighted by Gasteiger charge is -2.38. The molecule has 2 rings (SSSR count). The molecule has 1 aromatic heterocycles. The monoisotopic (exact) mass is 294 g/mol. The Morgan fingerprint density at radius 2 is 2.38 bits per heavy atom. The van der Waals surface area contributed by atoms with Crippen LogP contribution in [0.15, 0.2) is 12.3 Å². The fourth-order valence-electron chi connectivity index (χ4n) is 3.06. The molecule has 0 spiro atoms. The van der Waals surface area contributed by atoms with E-state index in [0.717, 1.165) is 32.5 Å². The Bertz CT molecular complexity index is 474. The van der Waals surface area contributed by atoms with E-state index in [1.807, 2.05) is 16.9 Å². The number of carbonyl (C=O) groups is 1. The second kappa shape index (κ2) is 7.04. The molecule has 1 atom stereocenters. The maximum atomic E-state index is 11.5. The Morgan fingerprint density at radius 3 is 3.10 bits per heavy atom. The Morgan fingerprint density at radius 1 is 1.57 bits per heavy atom. The van der Waals surface area contributed by atoms with E-state index < -0.39 is 5.60 Å². The Kier molecular flexibility index (Phi) is 5.36. The zero-order chi connectivity index (χ0) is 15.3. The highest BCUT2D eigenvalue weighted by molar-refractivity contribution is 5.76. The van der Waals surface area contributed by atoms with Crippen LogP contribution in [-0.4, -0.2) is 58.0 Å². The van der Waals surface area contributed by atoms with Crippen LogP contribution in [0.3, 0.4) is 0 Å². The molecule has 0 aromatic carbocycles. The molecular formula is C15H26N4O2. The molecule has 118 valence electrons. The van der Waals surface area contributed by atoms with E-state index in [4.69, 9.17) is 0 Å². The van der Waals surface area contributed by atoms with Crippen LogP contribution in [0.5, 0.6) is 0 Å². The van der Waals surface area contributed by atoms with Crippen LogP contribution in [0.4, 0.5) is 0 Å². The molecule has 1 unspecified atom stereocenters. The molecule has 21 heavy (non-hydrogen) atoms.